The lowest BCUT2D eigenvalue weighted by molar-refractivity contribution is -0.208. The average Bonchev–Trinajstić information content (AvgIpc) is 3.47. The molecule has 0 aromatic carbocycles. The van der Waals surface area contributed by atoms with Crippen LogP contribution in [0.2, 0.25) is 0 Å². The molecule has 0 amide bonds. The van der Waals surface area contributed by atoms with Crippen molar-refractivity contribution in [2.24, 2.45) is 0 Å². The minimum atomic E-state index is -0.830. The van der Waals surface area contributed by atoms with Crippen LogP contribution in [0.3, 0.4) is 0 Å². The fourth-order valence-electron chi connectivity index (χ4n) is 3.78. The Morgan fingerprint density at radius 2 is 2.09 bits per heavy atom. The summed E-state index contributed by atoms with van der Waals surface area (Å²) in [7, 11) is 3.13. The Kier molecular flexibility index (Phi) is 7.23. The molecule has 0 saturated carbocycles. The van der Waals surface area contributed by atoms with E-state index in [1.165, 1.54) is 29.3 Å². The molecule has 33 heavy (non-hydrogen) atoms. The summed E-state index contributed by atoms with van der Waals surface area (Å²) in [5.41, 5.74) is 6.82. The maximum absolute atomic E-state index is 10.5. The van der Waals surface area contributed by atoms with Crippen LogP contribution < -0.4 is 5.73 Å². The first-order valence-electron chi connectivity index (χ1n) is 9.99. The van der Waals surface area contributed by atoms with Crippen LogP contribution in [-0.2, 0) is 14.2 Å². The van der Waals surface area contributed by atoms with Gasteiger partial charge in [-0.1, -0.05) is 17.0 Å². The second-order valence-corrected chi connectivity index (χ2v) is 9.46. The van der Waals surface area contributed by atoms with E-state index >= 15 is 0 Å². The lowest BCUT2D eigenvalue weighted by atomic mass is 9.94. The van der Waals surface area contributed by atoms with Gasteiger partial charge in [0.2, 0.25) is 0 Å². The molecule has 4 rings (SSSR count). The Labute approximate surface area is 198 Å². The van der Waals surface area contributed by atoms with Crippen LogP contribution in [-0.4, -0.2) is 74.1 Å². The minimum Gasteiger partial charge on any atom is -0.391 e. The number of pyridine rings is 1. The van der Waals surface area contributed by atoms with E-state index in [1.54, 1.807) is 44.3 Å². The Bertz CT molecular complexity index is 1130. The van der Waals surface area contributed by atoms with Crippen molar-refractivity contribution in [2.75, 3.05) is 20.0 Å². The van der Waals surface area contributed by atoms with Gasteiger partial charge < -0.3 is 25.1 Å². The third-order valence-electron chi connectivity index (χ3n) is 5.27. The lowest BCUT2D eigenvalue weighted by Gasteiger charge is -2.46. The summed E-state index contributed by atoms with van der Waals surface area (Å²) < 4.78 is 19.5. The highest BCUT2D eigenvalue weighted by atomic mass is 32.2. The molecule has 6 atom stereocenters. The van der Waals surface area contributed by atoms with E-state index in [0.717, 1.165) is 4.90 Å². The van der Waals surface area contributed by atoms with Gasteiger partial charge in [-0.15, -0.1) is 16.4 Å². The molecular formula is C20H23N7O4S2. The van der Waals surface area contributed by atoms with Gasteiger partial charge in [0.1, 0.15) is 47.2 Å². The number of ether oxygens (including phenoxy) is 3. The minimum absolute atomic E-state index is 0.437. The summed E-state index contributed by atoms with van der Waals surface area (Å²) in [5.74, 6) is 0. The van der Waals surface area contributed by atoms with E-state index in [-0.39, 0.29) is 0 Å². The van der Waals surface area contributed by atoms with Crippen molar-refractivity contribution in [2.45, 2.75) is 47.7 Å². The van der Waals surface area contributed by atoms with E-state index in [0.29, 0.717) is 22.1 Å². The van der Waals surface area contributed by atoms with Gasteiger partial charge >= 0.3 is 0 Å². The van der Waals surface area contributed by atoms with Crippen LogP contribution in [0, 0.1) is 11.3 Å². The summed E-state index contributed by atoms with van der Waals surface area (Å²) in [4.78, 5) is 9.11. The maximum Gasteiger partial charge on any atom is 0.180 e. The Balaban J connectivity index is 1.70. The number of nitrogen functional groups attached to an aromatic ring is 1. The molecule has 3 aromatic rings. The molecule has 0 radical (unpaired) electrons. The van der Waals surface area contributed by atoms with Crippen molar-refractivity contribution in [3.05, 3.63) is 35.6 Å². The number of aliphatic hydroxyl groups excluding tert-OH is 1. The highest BCUT2D eigenvalue weighted by molar-refractivity contribution is 7.99. The summed E-state index contributed by atoms with van der Waals surface area (Å²) >= 11 is 2.67. The number of hydrogen-bond donors (Lipinski definition) is 2. The SMILES string of the molecule is COC1C(n2cc(-c3csc(N)n3)nn2)[C@@H](OC)C(C(C)O)O[C@@H]1Sc1cncc(C#N)c1. The lowest BCUT2D eigenvalue weighted by Crippen LogP contribution is -2.58. The third-order valence-corrected chi connectivity index (χ3v) is 7.05. The number of aromatic nitrogens is 5. The Morgan fingerprint density at radius 1 is 1.30 bits per heavy atom. The first-order valence-corrected chi connectivity index (χ1v) is 11.7. The molecule has 1 aliphatic heterocycles. The van der Waals surface area contributed by atoms with E-state index in [1.807, 2.05) is 5.38 Å². The first kappa shape index (κ1) is 23.6. The number of nitrogens with two attached hydrogens (primary N) is 1. The van der Waals surface area contributed by atoms with Gasteiger partial charge in [0, 0.05) is 36.9 Å². The molecule has 0 bridgehead atoms. The van der Waals surface area contributed by atoms with E-state index in [4.69, 9.17) is 19.9 Å². The predicted molar refractivity (Wildman–Crippen MR) is 121 cm³/mol. The number of aliphatic hydroxyl groups is 1. The van der Waals surface area contributed by atoms with Gasteiger partial charge in [-0.3, -0.25) is 4.98 Å². The van der Waals surface area contributed by atoms with E-state index in [9.17, 15) is 10.4 Å². The number of hydrogen-bond acceptors (Lipinski definition) is 12. The van der Waals surface area contributed by atoms with E-state index in [2.05, 4.69) is 26.3 Å². The smallest absolute Gasteiger partial charge is 0.180 e. The zero-order valence-corrected chi connectivity index (χ0v) is 19.7. The highest BCUT2D eigenvalue weighted by Crippen LogP contribution is 2.41. The van der Waals surface area contributed by atoms with Gasteiger partial charge in [0.05, 0.1) is 17.9 Å². The second-order valence-electron chi connectivity index (χ2n) is 7.39. The topological polar surface area (TPSA) is 154 Å². The molecule has 3 N–H and O–H groups in total. The normalized spacial score (nSPS) is 26.1. The third kappa shape index (κ3) is 4.86. The fourth-order valence-corrected chi connectivity index (χ4v) is 5.52. The van der Waals surface area contributed by atoms with Crippen LogP contribution in [0.1, 0.15) is 18.5 Å². The van der Waals surface area contributed by atoms with Gasteiger partial charge in [-0.25, -0.2) is 9.67 Å². The Hall–Kier alpha value is -2.60. The highest BCUT2D eigenvalue weighted by Gasteiger charge is 2.50. The number of rotatable bonds is 7. The van der Waals surface area contributed by atoms with E-state index < -0.39 is 35.9 Å². The maximum atomic E-state index is 10.5. The molecule has 4 heterocycles. The fraction of sp³-hybridized carbons (Fsp3) is 0.450. The number of thiazole rings is 1. The van der Waals surface area contributed by atoms with Gasteiger partial charge in [-0.2, -0.15) is 5.26 Å². The molecule has 174 valence electrons. The molecule has 0 spiro atoms. The first-order chi connectivity index (χ1) is 15.9. The molecule has 13 heteroatoms. The van der Waals surface area contributed by atoms with Crippen molar-refractivity contribution in [1.29, 1.82) is 5.26 Å². The van der Waals surface area contributed by atoms with Crippen molar-refractivity contribution >= 4 is 28.2 Å². The van der Waals surface area contributed by atoms with Gasteiger partial charge in [0.25, 0.3) is 0 Å². The largest absolute Gasteiger partial charge is 0.391 e. The average molecular weight is 490 g/mol. The van der Waals surface area contributed by atoms with Crippen LogP contribution in [0.5, 0.6) is 0 Å². The summed E-state index contributed by atoms with van der Waals surface area (Å²) in [6.07, 6.45) is 2.28. The molecule has 0 aliphatic carbocycles. The molecule has 4 unspecified atom stereocenters. The monoisotopic (exact) mass is 489 g/mol. The zero-order chi connectivity index (χ0) is 23.5. The van der Waals surface area contributed by atoms with Crippen LogP contribution in [0.25, 0.3) is 11.4 Å². The second kappa shape index (κ2) is 10.1. The van der Waals surface area contributed by atoms with Crippen LogP contribution in [0.4, 0.5) is 5.13 Å². The molecule has 1 aliphatic rings. The standard InChI is InChI=1S/C20H23N7O4S2/c1-10(28)16-17(29-2)15(27-8-13(25-26-27)14-9-32-20(22)24-14)18(30-3)19(31-16)33-12-4-11(5-21)6-23-7-12/h4,6-10,15-19,28H,1-3H3,(H2,22,24)/t10?,15?,16?,17-,18?,19-/m1/s1. The molecule has 11 nitrogen and oxygen atoms in total. The quantitative estimate of drug-likeness (QED) is 0.498. The summed E-state index contributed by atoms with van der Waals surface area (Å²) in [6, 6.07) is 3.33. The number of nitriles is 1. The summed E-state index contributed by atoms with van der Waals surface area (Å²) in [6.45, 7) is 1.64. The predicted octanol–water partition coefficient (Wildman–Crippen LogP) is 1.72. The van der Waals surface area contributed by atoms with Crippen LogP contribution >= 0.6 is 23.1 Å². The van der Waals surface area contributed by atoms with Crippen molar-refractivity contribution in [1.82, 2.24) is 25.0 Å². The van der Waals surface area contributed by atoms with Crippen LogP contribution in [0.15, 0.2) is 34.9 Å². The molecule has 1 fully saturated rings. The summed E-state index contributed by atoms with van der Waals surface area (Å²) in [5, 5.41) is 30.5. The number of methoxy groups -OCH3 is 2. The van der Waals surface area contributed by atoms with Crippen molar-refractivity contribution in [3.63, 3.8) is 0 Å². The van der Waals surface area contributed by atoms with Crippen molar-refractivity contribution < 1.29 is 19.3 Å². The van der Waals surface area contributed by atoms with Gasteiger partial charge in [-0.05, 0) is 13.0 Å². The molecular weight excluding hydrogens is 466 g/mol. The Morgan fingerprint density at radius 3 is 2.73 bits per heavy atom. The number of thioether (sulfide) groups is 1. The van der Waals surface area contributed by atoms with Crippen molar-refractivity contribution in [3.8, 4) is 17.5 Å². The van der Waals surface area contributed by atoms with Gasteiger partial charge in [0.15, 0.2) is 5.13 Å². The molecule has 3 aromatic heterocycles. The number of nitrogens with zero attached hydrogens (tertiary/aromatic N) is 6. The molecule has 1 saturated heterocycles. The number of anilines is 1. The zero-order valence-electron chi connectivity index (χ0n) is 18.1.